The van der Waals surface area contributed by atoms with Crippen molar-refractivity contribution in [3.05, 3.63) is 114 Å². The normalized spacial score (nSPS) is 21.0. The van der Waals surface area contributed by atoms with Crippen molar-refractivity contribution in [3.63, 3.8) is 0 Å². The van der Waals surface area contributed by atoms with E-state index in [9.17, 15) is 0 Å². The van der Waals surface area contributed by atoms with Gasteiger partial charge in [-0.05, 0) is 65.5 Å². The number of rotatable bonds is 6. The van der Waals surface area contributed by atoms with E-state index < -0.39 is 0 Å². The molecule has 2 atom stereocenters. The van der Waals surface area contributed by atoms with Gasteiger partial charge in [0, 0.05) is 11.7 Å². The Morgan fingerprint density at radius 1 is 0.710 bits per heavy atom. The van der Waals surface area contributed by atoms with Crippen molar-refractivity contribution in [2.24, 2.45) is 11.8 Å². The number of allylic oxidation sites excluding steroid dienone is 2. The van der Waals surface area contributed by atoms with Gasteiger partial charge in [-0.1, -0.05) is 105 Å². The molecule has 0 aliphatic heterocycles. The molecular formula is C30H33N. The Labute approximate surface area is 187 Å². The molecule has 0 radical (unpaired) electrons. The molecule has 0 heterocycles. The molecule has 158 valence electrons. The van der Waals surface area contributed by atoms with Gasteiger partial charge in [-0.15, -0.1) is 0 Å². The van der Waals surface area contributed by atoms with Gasteiger partial charge in [0.25, 0.3) is 0 Å². The summed E-state index contributed by atoms with van der Waals surface area (Å²) < 4.78 is 0. The minimum absolute atomic E-state index is 0.599. The van der Waals surface area contributed by atoms with Crippen molar-refractivity contribution in [1.82, 2.24) is 0 Å². The Morgan fingerprint density at radius 3 is 1.81 bits per heavy atom. The van der Waals surface area contributed by atoms with Crippen LogP contribution in [0.1, 0.15) is 49.8 Å². The van der Waals surface area contributed by atoms with Gasteiger partial charge >= 0.3 is 0 Å². The topological polar surface area (TPSA) is 12.0 Å². The molecule has 1 N–H and O–H groups in total. The highest BCUT2D eigenvalue weighted by Crippen LogP contribution is 2.30. The van der Waals surface area contributed by atoms with Crippen LogP contribution in [0.25, 0.3) is 11.6 Å². The first-order valence-corrected chi connectivity index (χ1v) is 11.5. The minimum atomic E-state index is 0.599. The summed E-state index contributed by atoms with van der Waals surface area (Å²) in [6, 6.07) is 30.6. The summed E-state index contributed by atoms with van der Waals surface area (Å²) in [5.41, 5.74) is 6.14. The molecule has 1 heteroatoms. The van der Waals surface area contributed by atoms with E-state index in [0.29, 0.717) is 6.04 Å². The van der Waals surface area contributed by atoms with E-state index in [0.717, 1.165) is 11.8 Å². The molecule has 1 nitrogen and oxygen atoms in total. The summed E-state index contributed by atoms with van der Waals surface area (Å²) in [5, 5.41) is 3.75. The maximum absolute atomic E-state index is 3.75. The van der Waals surface area contributed by atoms with Crippen molar-refractivity contribution in [3.8, 4) is 0 Å². The number of hydrogen-bond donors (Lipinski definition) is 1. The number of hydrogen-bond acceptors (Lipinski definition) is 1. The van der Waals surface area contributed by atoms with Gasteiger partial charge in [-0.3, -0.25) is 0 Å². The first-order chi connectivity index (χ1) is 15.2. The first kappa shape index (κ1) is 21.2. The van der Waals surface area contributed by atoms with Crippen LogP contribution < -0.4 is 5.32 Å². The predicted molar refractivity (Wildman–Crippen MR) is 135 cm³/mol. The lowest BCUT2D eigenvalue weighted by molar-refractivity contribution is 0.281. The summed E-state index contributed by atoms with van der Waals surface area (Å²) in [7, 11) is 0. The van der Waals surface area contributed by atoms with Gasteiger partial charge in [0.05, 0.1) is 0 Å². The second-order valence-electron chi connectivity index (χ2n) is 9.05. The Balaban J connectivity index is 1.46. The van der Waals surface area contributed by atoms with Crippen molar-refractivity contribution in [1.29, 1.82) is 0 Å². The Kier molecular flexibility index (Phi) is 7.04. The highest BCUT2D eigenvalue weighted by atomic mass is 14.9. The Bertz CT molecular complexity index is 948. The molecule has 3 aromatic carbocycles. The molecule has 0 bridgehead atoms. The molecule has 1 saturated carbocycles. The average Bonchev–Trinajstić information content (AvgIpc) is 2.78. The third kappa shape index (κ3) is 5.98. The van der Waals surface area contributed by atoms with Crippen molar-refractivity contribution in [2.45, 2.75) is 39.2 Å². The van der Waals surface area contributed by atoms with Gasteiger partial charge in [0.15, 0.2) is 0 Å². The van der Waals surface area contributed by atoms with Crippen LogP contribution in [0.2, 0.25) is 0 Å². The molecule has 4 rings (SSSR count). The predicted octanol–water partition coefficient (Wildman–Crippen LogP) is 8.07. The van der Waals surface area contributed by atoms with E-state index >= 15 is 0 Å². The zero-order valence-corrected chi connectivity index (χ0v) is 18.7. The summed E-state index contributed by atoms with van der Waals surface area (Å²) in [6.45, 7) is 4.76. The van der Waals surface area contributed by atoms with Gasteiger partial charge in [0.1, 0.15) is 0 Å². The van der Waals surface area contributed by atoms with Crippen molar-refractivity contribution >= 4 is 17.3 Å². The summed E-state index contributed by atoms with van der Waals surface area (Å²) >= 11 is 0. The quantitative estimate of drug-likeness (QED) is 0.407. The fourth-order valence-electron chi connectivity index (χ4n) is 4.84. The molecule has 1 aliphatic rings. The maximum atomic E-state index is 3.75. The van der Waals surface area contributed by atoms with Crippen LogP contribution in [0.15, 0.2) is 97.1 Å². The van der Waals surface area contributed by atoms with Crippen LogP contribution in [0.5, 0.6) is 0 Å². The smallest absolute Gasteiger partial charge is 0.0342 e. The van der Waals surface area contributed by atoms with E-state index in [1.807, 2.05) is 0 Å². The van der Waals surface area contributed by atoms with Gasteiger partial charge < -0.3 is 5.32 Å². The van der Waals surface area contributed by atoms with Gasteiger partial charge in [-0.25, -0.2) is 0 Å². The van der Waals surface area contributed by atoms with Crippen LogP contribution in [-0.4, -0.2) is 6.04 Å². The molecule has 0 aromatic heterocycles. The van der Waals surface area contributed by atoms with Crippen LogP contribution >= 0.6 is 0 Å². The van der Waals surface area contributed by atoms with Crippen LogP contribution in [0, 0.1) is 11.8 Å². The largest absolute Gasteiger partial charge is 0.382 e. The zero-order chi connectivity index (χ0) is 21.5. The number of nitrogens with one attached hydrogen (secondary N) is 1. The molecule has 0 amide bonds. The molecule has 3 aromatic rings. The molecule has 31 heavy (non-hydrogen) atoms. The van der Waals surface area contributed by atoms with E-state index in [-0.39, 0.29) is 0 Å². The lowest BCUT2D eigenvalue weighted by atomic mass is 9.80. The Morgan fingerprint density at radius 2 is 1.26 bits per heavy atom. The molecule has 0 saturated heterocycles. The highest BCUT2D eigenvalue weighted by molar-refractivity contribution is 5.81. The van der Waals surface area contributed by atoms with E-state index in [1.54, 1.807) is 0 Å². The fourth-order valence-corrected chi connectivity index (χ4v) is 4.84. The fraction of sp³-hybridized carbons (Fsp3) is 0.267. The third-order valence-corrected chi connectivity index (χ3v) is 6.18. The highest BCUT2D eigenvalue weighted by Gasteiger charge is 2.23. The summed E-state index contributed by atoms with van der Waals surface area (Å²) in [6.07, 6.45) is 10.5. The first-order valence-electron chi connectivity index (χ1n) is 11.5. The zero-order valence-electron chi connectivity index (χ0n) is 18.7. The van der Waals surface area contributed by atoms with Gasteiger partial charge in [0.2, 0.25) is 0 Å². The lowest BCUT2D eigenvalue weighted by Crippen LogP contribution is -2.30. The second kappa shape index (κ2) is 10.3. The SMILES string of the molecule is CC1CC(C)CC(Nc2ccc(/C=C/C=C(c3ccccc3)c3ccccc3)cc2)C1. The van der Waals surface area contributed by atoms with Crippen LogP contribution in [-0.2, 0) is 0 Å². The molecular weight excluding hydrogens is 374 g/mol. The lowest BCUT2D eigenvalue weighted by Gasteiger charge is -2.32. The standard InChI is InChI=1S/C30H33N/c1-23-20-24(2)22-29(21-23)31-28-18-16-25(17-19-28)10-9-15-30(26-11-5-3-6-12-26)27-13-7-4-8-14-27/h3-19,23-24,29,31H,20-22H2,1-2H3/b10-9+. The summed E-state index contributed by atoms with van der Waals surface area (Å²) in [4.78, 5) is 0. The van der Waals surface area contributed by atoms with E-state index in [2.05, 4.69) is 122 Å². The monoisotopic (exact) mass is 407 g/mol. The molecule has 1 fully saturated rings. The molecule has 0 spiro atoms. The van der Waals surface area contributed by atoms with Gasteiger partial charge in [-0.2, -0.15) is 0 Å². The third-order valence-electron chi connectivity index (χ3n) is 6.18. The van der Waals surface area contributed by atoms with Crippen molar-refractivity contribution in [2.75, 3.05) is 5.32 Å². The van der Waals surface area contributed by atoms with Crippen LogP contribution in [0.3, 0.4) is 0 Å². The molecule has 2 unspecified atom stereocenters. The van der Waals surface area contributed by atoms with E-state index in [4.69, 9.17) is 0 Å². The molecule has 1 aliphatic carbocycles. The average molecular weight is 408 g/mol. The number of benzene rings is 3. The maximum Gasteiger partial charge on any atom is 0.0342 e. The number of anilines is 1. The van der Waals surface area contributed by atoms with E-state index in [1.165, 1.54) is 47.2 Å². The van der Waals surface area contributed by atoms with Crippen LogP contribution in [0.4, 0.5) is 5.69 Å². The Hall–Kier alpha value is -3.06. The summed E-state index contributed by atoms with van der Waals surface area (Å²) in [5.74, 6) is 1.64. The second-order valence-corrected chi connectivity index (χ2v) is 9.05. The minimum Gasteiger partial charge on any atom is -0.382 e. The van der Waals surface area contributed by atoms with Crippen molar-refractivity contribution < 1.29 is 0 Å².